The van der Waals surface area contributed by atoms with Crippen LogP contribution in [0.1, 0.15) is 30.2 Å². The van der Waals surface area contributed by atoms with Crippen LogP contribution in [-0.2, 0) is 16.7 Å². The van der Waals surface area contributed by atoms with Crippen LogP contribution in [0.2, 0.25) is 0 Å². The fourth-order valence-electron chi connectivity index (χ4n) is 2.78. The monoisotopic (exact) mass is 223 g/mol. The van der Waals surface area contributed by atoms with E-state index in [9.17, 15) is 0 Å². The van der Waals surface area contributed by atoms with Crippen LogP contribution in [-0.4, -0.2) is 19.3 Å². The van der Waals surface area contributed by atoms with Crippen molar-refractivity contribution in [1.29, 1.82) is 0 Å². The topological polar surface area (TPSA) is 21.3 Å². The van der Waals surface area contributed by atoms with Gasteiger partial charge in [0.2, 0.25) is 0 Å². The Balaban J connectivity index is 1.95. The molecule has 1 aromatic heterocycles. The van der Waals surface area contributed by atoms with Crippen LogP contribution in [0.15, 0.2) is 11.4 Å². The average molecular weight is 223 g/mol. The lowest BCUT2D eigenvalue weighted by Crippen LogP contribution is -2.47. The summed E-state index contributed by atoms with van der Waals surface area (Å²) in [6.07, 6.45) is 3.91. The Hall–Kier alpha value is -0.380. The summed E-state index contributed by atoms with van der Waals surface area (Å²) in [5, 5.41) is 5.91. The van der Waals surface area contributed by atoms with E-state index in [1.165, 1.54) is 11.3 Å². The Bertz CT molecular complexity index is 362. The second-order valence-corrected chi connectivity index (χ2v) is 5.50. The lowest BCUT2D eigenvalue weighted by atomic mass is 9.87. The smallest absolute Gasteiger partial charge is 0.0793 e. The van der Waals surface area contributed by atoms with Crippen molar-refractivity contribution in [2.75, 3.05) is 13.2 Å². The molecule has 1 fully saturated rings. The highest BCUT2D eigenvalue weighted by Gasteiger charge is 2.44. The van der Waals surface area contributed by atoms with Crippen molar-refractivity contribution in [3.8, 4) is 0 Å². The molecule has 0 radical (unpaired) electrons. The Morgan fingerprint density at radius 1 is 1.67 bits per heavy atom. The minimum Gasteiger partial charge on any atom is -0.376 e. The summed E-state index contributed by atoms with van der Waals surface area (Å²) in [5.74, 6) is 0. The summed E-state index contributed by atoms with van der Waals surface area (Å²) in [6.45, 7) is 4.17. The summed E-state index contributed by atoms with van der Waals surface area (Å²) >= 11 is 1.89. The van der Waals surface area contributed by atoms with E-state index in [1.54, 1.807) is 5.56 Å². The molecular formula is C12H17NOS. The number of ether oxygens (including phenoxy) is 1. The van der Waals surface area contributed by atoms with Gasteiger partial charge in [-0.1, -0.05) is 6.92 Å². The highest BCUT2D eigenvalue weighted by atomic mass is 32.1. The second kappa shape index (κ2) is 3.58. The van der Waals surface area contributed by atoms with E-state index in [-0.39, 0.29) is 5.54 Å². The predicted molar refractivity (Wildman–Crippen MR) is 62.4 cm³/mol. The van der Waals surface area contributed by atoms with Crippen LogP contribution < -0.4 is 5.32 Å². The molecule has 0 bridgehead atoms. The molecule has 1 aromatic rings. The van der Waals surface area contributed by atoms with Gasteiger partial charge in [0.05, 0.1) is 18.2 Å². The standard InChI is InChI=1S/C12H17NOS/c1-2-10-7-12(8-14-10)11-9(3-5-13-12)4-6-15-11/h4,6,10,13H,2-3,5,7-8H2,1H3. The Morgan fingerprint density at radius 3 is 3.40 bits per heavy atom. The normalized spacial score (nSPS) is 34.6. The number of hydrogen-bond acceptors (Lipinski definition) is 3. The molecule has 2 aliphatic rings. The van der Waals surface area contributed by atoms with Gasteiger partial charge in [-0.3, -0.25) is 0 Å². The van der Waals surface area contributed by atoms with Gasteiger partial charge in [0.1, 0.15) is 0 Å². The molecular weight excluding hydrogens is 206 g/mol. The largest absolute Gasteiger partial charge is 0.376 e. The summed E-state index contributed by atoms with van der Waals surface area (Å²) in [4.78, 5) is 1.53. The zero-order chi connectivity index (χ0) is 10.3. The van der Waals surface area contributed by atoms with Crippen molar-refractivity contribution in [2.45, 2.75) is 37.8 Å². The number of nitrogens with one attached hydrogen (secondary N) is 1. The quantitative estimate of drug-likeness (QED) is 0.788. The highest BCUT2D eigenvalue weighted by molar-refractivity contribution is 7.10. The molecule has 1 saturated heterocycles. The van der Waals surface area contributed by atoms with Crippen LogP contribution in [0.25, 0.3) is 0 Å². The van der Waals surface area contributed by atoms with Crippen LogP contribution in [0.5, 0.6) is 0 Å². The van der Waals surface area contributed by atoms with Crippen molar-refractivity contribution in [1.82, 2.24) is 5.32 Å². The van der Waals surface area contributed by atoms with Gasteiger partial charge >= 0.3 is 0 Å². The van der Waals surface area contributed by atoms with Crippen LogP contribution in [0.4, 0.5) is 0 Å². The third-order valence-electron chi connectivity index (χ3n) is 3.64. The first-order valence-corrected chi connectivity index (χ1v) is 6.65. The molecule has 3 heterocycles. The molecule has 0 amide bonds. The molecule has 2 aliphatic heterocycles. The van der Waals surface area contributed by atoms with E-state index < -0.39 is 0 Å². The number of fused-ring (bicyclic) bond motifs is 2. The molecule has 3 heteroatoms. The molecule has 15 heavy (non-hydrogen) atoms. The van der Waals surface area contributed by atoms with Crippen LogP contribution in [0, 0.1) is 0 Å². The van der Waals surface area contributed by atoms with Gasteiger partial charge in [-0.15, -0.1) is 11.3 Å². The van der Waals surface area contributed by atoms with E-state index in [0.717, 1.165) is 26.0 Å². The Morgan fingerprint density at radius 2 is 2.60 bits per heavy atom. The maximum absolute atomic E-state index is 5.87. The van der Waals surface area contributed by atoms with Gasteiger partial charge in [-0.05, 0) is 36.3 Å². The lowest BCUT2D eigenvalue weighted by molar-refractivity contribution is 0.0974. The molecule has 0 saturated carbocycles. The number of hydrogen-bond donors (Lipinski definition) is 1. The van der Waals surface area contributed by atoms with Crippen molar-refractivity contribution >= 4 is 11.3 Å². The first-order chi connectivity index (χ1) is 7.34. The first-order valence-electron chi connectivity index (χ1n) is 5.77. The average Bonchev–Trinajstić information content (AvgIpc) is 2.86. The second-order valence-electron chi connectivity index (χ2n) is 4.58. The van der Waals surface area contributed by atoms with E-state index in [2.05, 4.69) is 23.7 Å². The van der Waals surface area contributed by atoms with E-state index in [1.807, 2.05) is 11.3 Å². The zero-order valence-corrected chi connectivity index (χ0v) is 9.90. The summed E-state index contributed by atoms with van der Waals surface area (Å²) < 4.78 is 5.87. The maximum atomic E-state index is 5.87. The molecule has 1 N–H and O–H groups in total. The zero-order valence-electron chi connectivity index (χ0n) is 9.08. The Kier molecular flexibility index (Phi) is 2.34. The molecule has 2 atom stereocenters. The molecule has 1 spiro atoms. The van der Waals surface area contributed by atoms with Gasteiger partial charge in [0.15, 0.2) is 0 Å². The van der Waals surface area contributed by atoms with Crippen LogP contribution in [0.3, 0.4) is 0 Å². The molecule has 2 unspecified atom stereocenters. The van der Waals surface area contributed by atoms with Gasteiger partial charge in [-0.2, -0.15) is 0 Å². The highest BCUT2D eigenvalue weighted by Crippen LogP contribution is 2.41. The van der Waals surface area contributed by atoms with Crippen molar-refractivity contribution in [2.24, 2.45) is 0 Å². The van der Waals surface area contributed by atoms with Gasteiger partial charge < -0.3 is 10.1 Å². The first kappa shape index (κ1) is 9.82. The number of rotatable bonds is 1. The maximum Gasteiger partial charge on any atom is 0.0793 e. The van der Waals surface area contributed by atoms with Crippen molar-refractivity contribution < 1.29 is 4.74 Å². The van der Waals surface area contributed by atoms with Crippen molar-refractivity contribution in [3.63, 3.8) is 0 Å². The fourth-order valence-corrected chi connectivity index (χ4v) is 3.91. The molecule has 0 aliphatic carbocycles. The molecule has 0 aromatic carbocycles. The fraction of sp³-hybridized carbons (Fsp3) is 0.667. The molecule has 2 nitrogen and oxygen atoms in total. The van der Waals surface area contributed by atoms with Gasteiger partial charge in [-0.25, -0.2) is 0 Å². The van der Waals surface area contributed by atoms with E-state index >= 15 is 0 Å². The van der Waals surface area contributed by atoms with E-state index in [0.29, 0.717) is 6.10 Å². The predicted octanol–water partition coefficient (Wildman–Crippen LogP) is 2.29. The van der Waals surface area contributed by atoms with Gasteiger partial charge in [0, 0.05) is 11.4 Å². The Labute approximate surface area is 94.6 Å². The summed E-state index contributed by atoms with van der Waals surface area (Å²) in [5.41, 5.74) is 1.70. The summed E-state index contributed by atoms with van der Waals surface area (Å²) in [7, 11) is 0. The van der Waals surface area contributed by atoms with Crippen LogP contribution >= 0.6 is 11.3 Å². The van der Waals surface area contributed by atoms with Gasteiger partial charge in [0.25, 0.3) is 0 Å². The van der Waals surface area contributed by atoms with Crippen molar-refractivity contribution in [3.05, 3.63) is 21.9 Å². The molecule has 82 valence electrons. The minimum absolute atomic E-state index is 0.155. The SMILES string of the molecule is CCC1CC2(CO1)NCCc1ccsc12. The lowest BCUT2D eigenvalue weighted by Gasteiger charge is -2.33. The third-order valence-corrected chi connectivity index (χ3v) is 4.80. The number of thiophene rings is 1. The summed E-state index contributed by atoms with van der Waals surface area (Å²) in [6, 6.07) is 2.28. The molecule has 3 rings (SSSR count). The van der Waals surface area contributed by atoms with E-state index in [4.69, 9.17) is 4.74 Å². The minimum atomic E-state index is 0.155. The third kappa shape index (κ3) is 1.45.